The number of hydrogen-bond acceptors (Lipinski definition) is 0. The molecule has 0 nitrogen and oxygen atoms in total. The second-order valence-electron chi connectivity index (χ2n) is 23.1. The van der Waals surface area contributed by atoms with Crippen molar-refractivity contribution in [3.05, 3.63) is 142 Å². The summed E-state index contributed by atoms with van der Waals surface area (Å²) in [5, 5.41) is 0. The van der Waals surface area contributed by atoms with Crippen molar-refractivity contribution in [1.29, 1.82) is 0 Å². The van der Waals surface area contributed by atoms with Crippen molar-refractivity contribution in [2.75, 3.05) is 0 Å². The summed E-state index contributed by atoms with van der Waals surface area (Å²) < 4.78 is 0. The molecule has 6 aliphatic rings. The average Bonchev–Trinajstić information content (AvgIpc) is 3.85. The van der Waals surface area contributed by atoms with Crippen molar-refractivity contribution in [2.45, 2.75) is 158 Å². The van der Waals surface area contributed by atoms with E-state index >= 15 is 0 Å². The van der Waals surface area contributed by atoms with Crippen LogP contribution >= 0.6 is 0 Å². The first-order valence-electron chi connectivity index (χ1n) is 23.7. The maximum absolute atomic E-state index is 2.52. The molecule has 0 heterocycles. The van der Waals surface area contributed by atoms with Crippen LogP contribution in [0.1, 0.15) is 129 Å². The number of benzene rings is 2. The van der Waals surface area contributed by atoms with Crippen LogP contribution in [0.2, 0.25) is 51.4 Å². The fourth-order valence-corrected chi connectivity index (χ4v) is 16.9. The number of hydrogen-bond donors (Lipinski definition) is 0. The Labute approximate surface area is 459 Å². The van der Waals surface area contributed by atoms with E-state index in [1.807, 2.05) is 0 Å². The summed E-state index contributed by atoms with van der Waals surface area (Å²) in [5.41, 5.74) is 6.18. The third-order valence-corrected chi connectivity index (χ3v) is 21.0. The molecular weight excluding hydrogens is 1160 g/mol. The molecule has 376 valence electrons. The van der Waals surface area contributed by atoms with Gasteiger partial charge in [0, 0.05) is 16.1 Å². The molecule has 4 saturated carbocycles. The molecule has 6 aliphatic carbocycles. The van der Waals surface area contributed by atoms with Crippen molar-refractivity contribution in [3.8, 4) is 0 Å². The molecule has 6 unspecified atom stereocenters. The fraction of sp³-hybridized carbons (Fsp3) is 0.613. The fourth-order valence-electron chi connectivity index (χ4n) is 12.8. The summed E-state index contributed by atoms with van der Waals surface area (Å²) in [6, 6.07) is 21.0. The maximum atomic E-state index is 2.52. The number of allylic oxidation sites excluding steroid dienone is 2. The Balaban J connectivity index is -0.000000179. The second kappa shape index (κ2) is 32.9. The number of fused-ring (bicyclic) bond motifs is 6. The Hall–Kier alpha value is 0.0940. The molecule has 0 amide bonds. The zero-order valence-corrected chi connectivity index (χ0v) is 57.6. The minimum absolute atomic E-state index is 0. The van der Waals surface area contributed by atoms with Crippen molar-refractivity contribution < 1.29 is 51.7 Å². The van der Waals surface area contributed by atoms with E-state index in [2.05, 4.69) is 181 Å². The largest absolute Gasteiger partial charge is 4.00 e. The summed E-state index contributed by atoms with van der Waals surface area (Å²) >= 11 is 0. The Morgan fingerprint density at radius 1 is 0.394 bits per heavy atom. The third kappa shape index (κ3) is 18.9. The van der Waals surface area contributed by atoms with Gasteiger partial charge in [0.05, 0.1) is 0 Å². The molecule has 0 spiro atoms. The molecule has 0 radical (unpaired) electrons. The standard InChI is InChI=1S/2C17H24Si.2C10H20.8CH3.2Hf/c1-18(2,3)12-14-9-11-17-15-7-5-4-6-13(15)8-10-16(14)17;1-18(2,3)12-15-11-10-14-9-8-13-6-4-5-7-16(13)17(14)15;2*1-6-7(2)9(4)10(5)8(6)3;;;;;;;;;;/h4-8,10,14,16-17H,9,11-12H2,1-3H3;4-9,14-15,17H,10-12H2,1-3H3;2*6-10H,1-5H3;8*1H3;;/q;;;;8*-1;2*+4. The van der Waals surface area contributed by atoms with Crippen LogP contribution < -0.4 is 0 Å². The quantitative estimate of drug-likeness (QED) is 0.211. The molecule has 4 fully saturated rings. The van der Waals surface area contributed by atoms with Gasteiger partial charge in [0.1, 0.15) is 0 Å². The van der Waals surface area contributed by atoms with Crippen LogP contribution in [0, 0.1) is 142 Å². The van der Waals surface area contributed by atoms with Gasteiger partial charge in [-0.3, -0.25) is 0 Å². The van der Waals surface area contributed by atoms with Crippen LogP contribution in [0.4, 0.5) is 0 Å². The molecule has 6 atom stereocenters. The van der Waals surface area contributed by atoms with Gasteiger partial charge in [-0.15, -0.1) is 0 Å². The van der Waals surface area contributed by atoms with E-state index in [0.29, 0.717) is 0 Å². The van der Waals surface area contributed by atoms with Crippen molar-refractivity contribution in [3.63, 3.8) is 0 Å². The minimum Gasteiger partial charge on any atom is -0.358 e. The van der Waals surface area contributed by atoms with E-state index in [1.54, 1.807) is 11.1 Å². The summed E-state index contributed by atoms with van der Waals surface area (Å²) in [6.07, 6.45) is 15.4. The van der Waals surface area contributed by atoms with E-state index < -0.39 is 16.1 Å². The van der Waals surface area contributed by atoms with Crippen molar-refractivity contribution >= 4 is 28.3 Å². The Kier molecular flexibility index (Phi) is 38.7. The van der Waals surface area contributed by atoms with Crippen LogP contribution in [0.5, 0.6) is 0 Å². The van der Waals surface area contributed by atoms with Crippen molar-refractivity contribution in [1.82, 2.24) is 0 Å². The molecule has 0 saturated heterocycles. The Morgan fingerprint density at radius 2 is 0.712 bits per heavy atom. The zero-order chi connectivity index (χ0) is 41.3. The van der Waals surface area contributed by atoms with Crippen LogP contribution in [0.25, 0.3) is 12.2 Å². The van der Waals surface area contributed by atoms with Crippen LogP contribution in [0.15, 0.2) is 60.7 Å². The van der Waals surface area contributed by atoms with Gasteiger partial charge in [0.25, 0.3) is 0 Å². The predicted molar refractivity (Wildman–Crippen MR) is 308 cm³/mol. The molecular formula is C62H112Hf2Si2. The van der Waals surface area contributed by atoms with E-state index in [9.17, 15) is 0 Å². The van der Waals surface area contributed by atoms with Gasteiger partial charge in [-0.2, -0.15) is 0 Å². The topological polar surface area (TPSA) is 0 Å². The van der Waals surface area contributed by atoms with Gasteiger partial charge in [0.15, 0.2) is 0 Å². The van der Waals surface area contributed by atoms with Gasteiger partial charge < -0.3 is 59.4 Å². The molecule has 8 rings (SSSR count). The first-order valence-corrected chi connectivity index (χ1v) is 31.2. The van der Waals surface area contributed by atoms with Crippen LogP contribution in [-0.4, -0.2) is 16.1 Å². The van der Waals surface area contributed by atoms with Gasteiger partial charge in [0.2, 0.25) is 0 Å². The SMILES string of the molecule is CC1C(C)C(C)C(C)C1C.CC1C(C)C(C)C(C)C1C.C[Si](C)(C)CC1CCC2C=Cc3ccccc3C21.C[Si](C)(C)CC1CCC2c3ccccc3C=CC12.[CH3-].[CH3-].[CH3-].[CH3-].[CH3-].[CH3-].[CH3-].[CH3-].[Hf+4].[Hf+4]. The first-order chi connectivity index (χ1) is 26.2. The third-order valence-electron chi connectivity index (χ3n) is 17.5. The van der Waals surface area contributed by atoms with E-state index in [1.165, 1.54) is 48.9 Å². The van der Waals surface area contributed by atoms with E-state index in [0.717, 1.165) is 94.7 Å². The summed E-state index contributed by atoms with van der Waals surface area (Å²) in [7, 11) is -1.87. The molecule has 66 heavy (non-hydrogen) atoms. The first kappa shape index (κ1) is 77.6. The molecule has 0 bridgehead atoms. The summed E-state index contributed by atoms with van der Waals surface area (Å²) in [5.74, 6) is 14.5. The van der Waals surface area contributed by atoms with Gasteiger partial charge in [-0.25, -0.2) is 0 Å². The zero-order valence-electron chi connectivity index (χ0n) is 48.4. The number of rotatable bonds is 4. The average molecular weight is 1270 g/mol. The van der Waals surface area contributed by atoms with Crippen molar-refractivity contribution in [2.24, 2.45) is 82.9 Å². The molecule has 0 aromatic heterocycles. The predicted octanol–water partition coefficient (Wildman–Crippen LogP) is 20.3. The van der Waals surface area contributed by atoms with Gasteiger partial charge >= 0.3 is 51.7 Å². The molecule has 2 aromatic carbocycles. The van der Waals surface area contributed by atoms with E-state index in [4.69, 9.17) is 0 Å². The smallest absolute Gasteiger partial charge is 0.358 e. The molecule has 0 aliphatic heterocycles. The van der Waals surface area contributed by atoms with Gasteiger partial charge in [-0.05, 0) is 143 Å². The normalized spacial score (nSPS) is 33.2. The Morgan fingerprint density at radius 3 is 1.11 bits per heavy atom. The Bertz CT molecular complexity index is 1500. The minimum atomic E-state index is -0.944. The van der Waals surface area contributed by atoms with Crippen LogP contribution in [0.3, 0.4) is 0 Å². The van der Waals surface area contributed by atoms with Crippen LogP contribution in [-0.2, 0) is 51.7 Å². The van der Waals surface area contributed by atoms with E-state index in [-0.39, 0.29) is 111 Å². The second-order valence-corrected chi connectivity index (χ2v) is 34.2. The maximum Gasteiger partial charge on any atom is 4.00 e. The summed E-state index contributed by atoms with van der Waals surface area (Å²) in [6.45, 7) is 39.1. The molecule has 2 aromatic rings. The molecule has 0 N–H and O–H groups in total. The molecule has 4 heteroatoms. The summed E-state index contributed by atoms with van der Waals surface area (Å²) in [4.78, 5) is 0. The monoisotopic (exact) mass is 1270 g/mol. The van der Waals surface area contributed by atoms with Gasteiger partial charge in [-0.1, -0.05) is 193 Å².